The van der Waals surface area contributed by atoms with Crippen molar-refractivity contribution >= 4 is 40.1 Å². The van der Waals surface area contributed by atoms with E-state index in [0.29, 0.717) is 44.0 Å². The molecule has 3 aromatic carbocycles. The molecule has 1 aliphatic heterocycles. The zero-order chi connectivity index (χ0) is 32.1. The lowest BCUT2D eigenvalue weighted by molar-refractivity contribution is -0.118. The largest absolute Gasteiger partial charge is 0.368 e. The molecule has 2 atom stereocenters. The van der Waals surface area contributed by atoms with Crippen LogP contribution in [0.15, 0.2) is 79.0 Å². The van der Waals surface area contributed by atoms with Gasteiger partial charge in [-0.25, -0.2) is 4.79 Å². The molecule has 2 heterocycles. The normalized spacial score (nSPS) is 14.7. The Morgan fingerprint density at radius 1 is 0.889 bits per heavy atom. The number of amides is 4. The highest BCUT2D eigenvalue weighted by Crippen LogP contribution is 2.29. The Kier molecular flexibility index (Phi) is 9.73. The molecule has 1 aromatic heterocycles. The number of aromatic nitrogens is 1. The van der Waals surface area contributed by atoms with Crippen molar-refractivity contribution in [2.45, 2.75) is 25.4 Å². The SMILES string of the molecule is C[C@@H](c1c[nH]c2ccccc12)[C@@H](NC(=O)N1CCN(c2ccccc2)CC1)C(=O)Nc1cc(CN(C)C)ccc1C(=O)N(C)C. The number of anilines is 2. The number of H-pyrrole nitrogens is 1. The lowest BCUT2D eigenvalue weighted by atomic mass is 9.92. The summed E-state index contributed by atoms with van der Waals surface area (Å²) in [6.07, 6.45) is 1.90. The molecule has 1 aliphatic rings. The first-order valence-corrected chi connectivity index (χ1v) is 15.3. The van der Waals surface area contributed by atoms with Gasteiger partial charge < -0.3 is 35.2 Å². The van der Waals surface area contributed by atoms with Crippen LogP contribution < -0.4 is 15.5 Å². The minimum atomic E-state index is -0.913. The van der Waals surface area contributed by atoms with Crippen LogP contribution in [-0.4, -0.2) is 97.9 Å². The monoisotopic (exact) mass is 609 g/mol. The number of urea groups is 1. The van der Waals surface area contributed by atoms with E-state index in [1.54, 1.807) is 25.1 Å². The summed E-state index contributed by atoms with van der Waals surface area (Å²) in [4.78, 5) is 51.9. The van der Waals surface area contributed by atoms with Gasteiger partial charge in [0, 0.05) is 75.5 Å². The lowest BCUT2D eigenvalue weighted by Crippen LogP contribution is -2.56. The Hall–Kier alpha value is -4.83. The molecule has 0 unspecified atom stereocenters. The first-order valence-electron chi connectivity index (χ1n) is 15.3. The summed E-state index contributed by atoms with van der Waals surface area (Å²) in [5, 5.41) is 7.09. The molecule has 10 heteroatoms. The summed E-state index contributed by atoms with van der Waals surface area (Å²) in [5.74, 6) is -0.990. The maximum Gasteiger partial charge on any atom is 0.318 e. The number of benzene rings is 3. The van der Waals surface area contributed by atoms with Crippen LogP contribution in [0.2, 0.25) is 0 Å². The molecule has 0 spiro atoms. The molecule has 236 valence electrons. The molecule has 5 rings (SSSR count). The van der Waals surface area contributed by atoms with Crippen LogP contribution in [0.4, 0.5) is 16.2 Å². The molecule has 45 heavy (non-hydrogen) atoms. The molecule has 0 bridgehead atoms. The Bertz CT molecular complexity index is 1640. The van der Waals surface area contributed by atoms with Crippen LogP contribution in [-0.2, 0) is 11.3 Å². The standard InChI is InChI=1S/C35H43N7O3/c1-24(29-22-36-30-14-10-9-13-27(29)30)32(38-35(45)42-19-17-41(18-20-42)26-11-7-6-8-12-26)33(43)37-31-21-25(23-39(2)3)15-16-28(31)34(44)40(4)5/h6-16,21-22,24,32,36H,17-20,23H2,1-5H3,(H,37,43)(H,38,45)/t24-,32+/m0/s1. The summed E-state index contributed by atoms with van der Waals surface area (Å²) in [6.45, 7) is 5.04. The van der Waals surface area contributed by atoms with E-state index in [2.05, 4.69) is 32.7 Å². The number of hydrogen-bond donors (Lipinski definition) is 3. The molecule has 10 nitrogen and oxygen atoms in total. The number of rotatable bonds is 9. The second-order valence-corrected chi connectivity index (χ2v) is 12.1. The molecule has 4 aromatic rings. The van der Waals surface area contributed by atoms with Gasteiger partial charge in [-0.3, -0.25) is 9.59 Å². The van der Waals surface area contributed by atoms with Gasteiger partial charge in [-0.15, -0.1) is 0 Å². The average Bonchev–Trinajstić information content (AvgIpc) is 3.47. The minimum Gasteiger partial charge on any atom is -0.368 e. The fraction of sp³-hybridized carbons (Fsp3) is 0.343. The molecule has 4 amide bonds. The molecular weight excluding hydrogens is 566 g/mol. The van der Waals surface area contributed by atoms with E-state index in [1.165, 1.54) is 4.90 Å². The average molecular weight is 610 g/mol. The number of hydrogen-bond acceptors (Lipinski definition) is 5. The van der Waals surface area contributed by atoms with Gasteiger partial charge in [0.1, 0.15) is 6.04 Å². The van der Waals surface area contributed by atoms with E-state index in [9.17, 15) is 14.4 Å². The lowest BCUT2D eigenvalue weighted by Gasteiger charge is -2.37. The number of carbonyl (C=O) groups excluding carboxylic acids is 3. The summed E-state index contributed by atoms with van der Waals surface area (Å²) in [5.41, 5.74) is 4.76. The van der Waals surface area contributed by atoms with Crippen LogP contribution in [0, 0.1) is 0 Å². The smallest absolute Gasteiger partial charge is 0.318 e. The quantitative estimate of drug-likeness (QED) is 0.258. The fourth-order valence-electron chi connectivity index (χ4n) is 5.89. The number of carbonyl (C=O) groups is 3. The second-order valence-electron chi connectivity index (χ2n) is 12.1. The van der Waals surface area contributed by atoms with Gasteiger partial charge in [-0.2, -0.15) is 0 Å². The molecule has 3 N–H and O–H groups in total. The van der Waals surface area contributed by atoms with E-state index < -0.39 is 6.04 Å². The maximum absolute atomic E-state index is 14.2. The molecule has 0 radical (unpaired) electrons. The summed E-state index contributed by atoms with van der Waals surface area (Å²) in [6, 6.07) is 22.4. The Labute approximate surface area is 265 Å². The Morgan fingerprint density at radius 2 is 1.58 bits per heavy atom. The van der Waals surface area contributed by atoms with Gasteiger partial charge >= 0.3 is 6.03 Å². The van der Waals surface area contributed by atoms with Crippen LogP contribution in [0.3, 0.4) is 0 Å². The predicted molar refractivity (Wildman–Crippen MR) is 180 cm³/mol. The van der Waals surface area contributed by atoms with Gasteiger partial charge in [-0.05, 0) is 55.6 Å². The maximum atomic E-state index is 14.2. The zero-order valence-corrected chi connectivity index (χ0v) is 26.7. The van der Waals surface area contributed by atoms with Gasteiger partial charge in [0.15, 0.2) is 0 Å². The topological polar surface area (TPSA) is 104 Å². The number of aromatic amines is 1. The Balaban J connectivity index is 1.42. The summed E-state index contributed by atoms with van der Waals surface area (Å²) < 4.78 is 0. The second kappa shape index (κ2) is 13.9. The third-order valence-electron chi connectivity index (χ3n) is 8.34. The van der Waals surface area contributed by atoms with Gasteiger partial charge in [0.2, 0.25) is 5.91 Å². The third-order valence-corrected chi connectivity index (χ3v) is 8.34. The van der Waals surface area contributed by atoms with E-state index in [1.807, 2.05) is 86.7 Å². The first kappa shape index (κ1) is 31.6. The van der Waals surface area contributed by atoms with Gasteiger partial charge in [0.25, 0.3) is 5.91 Å². The number of nitrogens with one attached hydrogen (secondary N) is 3. The Morgan fingerprint density at radius 3 is 2.27 bits per heavy atom. The van der Waals surface area contributed by atoms with E-state index in [-0.39, 0.29) is 23.8 Å². The van der Waals surface area contributed by atoms with Crippen LogP contribution in [0.25, 0.3) is 10.9 Å². The fourth-order valence-corrected chi connectivity index (χ4v) is 5.89. The van der Waals surface area contributed by atoms with Crippen molar-refractivity contribution in [1.82, 2.24) is 25.0 Å². The van der Waals surface area contributed by atoms with Gasteiger partial charge in [0.05, 0.1) is 11.3 Å². The molecular formula is C35H43N7O3. The number of fused-ring (bicyclic) bond motifs is 1. The highest BCUT2D eigenvalue weighted by molar-refractivity contribution is 6.06. The number of nitrogens with zero attached hydrogens (tertiary/aromatic N) is 4. The van der Waals surface area contributed by atoms with E-state index in [4.69, 9.17) is 0 Å². The van der Waals surface area contributed by atoms with Crippen molar-refractivity contribution in [2.75, 3.05) is 64.6 Å². The minimum absolute atomic E-state index is 0.219. The summed E-state index contributed by atoms with van der Waals surface area (Å²) in [7, 11) is 7.29. The van der Waals surface area contributed by atoms with Crippen molar-refractivity contribution < 1.29 is 14.4 Å². The zero-order valence-electron chi connectivity index (χ0n) is 26.7. The first-order chi connectivity index (χ1) is 21.6. The highest BCUT2D eigenvalue weighted by atomic mass is 16.2. The number of piperazine rings is 1. The van der Waals surface area contributed by atoms with Crippen LogP contribution >= 0.6 is 0 Å². The molecule has 1 fully saturated rings. The van der Waals surface area contributed by atoms with Gasteiger partial charge in [-0.1, -0.05) is 49.4 Å². The number of para-hydroxylation sites is 2. The van der Waals surface area contributed by atoms with E-state index in [0.717, 1.165) is 27.7 Å². The third kappa shape index (κ3) is 7.29. The van der Waals surface area contributed by atoms with Crippen LogP contribution in [0.1, 0.15) is 34.3 Å². The molecule has 0 saturated carbocycles. The van der Waals surface area contributed by atoms with Crippen molar-refractivity contribution in [2.24, 2.45) is 0 Å². The predicted octanol–water partition coefficient (Wildman–Crippen LogP) is 4.57. The van der Waals surface area contributed by atoms with Crippen molar-refractivity contribution in [3.8, 4) is 0 Å². The molecule has 1 saturated heterocycles. The van der Waals surface area contributed by atoms with E-state index >= 15 is 0 Å². The van der Waals surface area contributed by atoms with Crippen molar-refractivity contribution in [1.29, 1.82) is 0 Å². The van der Waals surface area contributed by atoms with Crippen molar-refractivity contribution in [3.05, 3.63) is 95.7 Å². The highest BCUT2D eigenvalue weighted by Gasteiger charge is 2.33. The van der Waals surface area contributed by atoms with Crippen molar-refractivity contribution in [3.63, 3.8) is 0 Å². The molecule has 0 aliphatic carbocycles. The van der Waals surface area contributed by atoms with Crippen LogP contribution in [0.5, 0.6) is 0 Å². The summed E-state index contributed by atoms with van der Waals surface area (Å²) >= 11 is 0.